The van der Waals surface area contributed by atoms with Crippen LogP contribution in [0.1, 0.15) is 65.2 Å². The molecule has 1 amide bonds. The van der Waals surface area contributed by atoms with Crippen molar-refractivity contribution >= 4 is 5.91 Å². The van der Waals surface area contributed by atoms with Crippen LogP contribution in [0, 0.1) is 0 Å². The lowest BCUT2D eigenvalue weighted by molar-refractivity contribution is -0.135. The van der Waals surface area contributed by atoms with Gasteiger partial charge in [-0.15, -0.1) is 0 Å². The second-order valence-corrected chi connectivity index (χ2v) is 5.64. The number of nitrogens with zero attached hydrogens (tertiary/aromatic N) is 1. The highest BCUT2D eigenvalue weighted by atomic mass is 16.3. The van der Waals surface area contributed by atoms with Gasteiger partial charge in [-0.3, -0.25) is 4.79 Å². The van der Waals surface area contributed by atoms with Crippen LogP contribution in [0.25, 0.3) is 0 Å². The lowest BCUT2D eigenvalue weighted by Crippen LogP contribution is -2.42. The average molecular weight is 251 g/mol. The van der Waals surface area contributed by atoms with Crippen LogP contribution in [0.3, 0.4) is 0 Å². The molecular weight excluding hydrogens is 226 g/mol. The largest absolute Gasteiger partial charge is 0.369 e. The zero-order valence-corrected chi connectivity index (χ0v) is 11.6. The fraction of sp³-hybridized carbons (Fsp3) is 0.800. The number of carbonyl (C=O) groups is 1. The van der Waals surface area contributed by atoms with Crippen LogP contribution >= 0.6 is 0 Å². The van der Waals surface area contributed by atoms with E-state index in [1.165, 1.54) is 12.8 Å². The van der Waals surface area contributed by atoms with Crippen molar-refractivity contribution < 1.29 is 9.90 Å². The molecule has 0 aromatic rings. The van der Waals surface area contributed by atoms with E-state index < -0.39 is 6.23 Å². The zero-order valence-electron chi connectivity index (χ0n) is 11.6. The van der Waals surface area contributed by atoms with E-state index in [0.29, 0.717) is 0 Å². The van der Waals surface area contributed by atoms with Crippen LogP contribution in [0.15, 0.2) is 11.1 Å². The Morgan fingerprint density at radius 3 is 2.72 bits per heavy atom. The molecule has 0 unspecified atom stereocenters. The molecule has 1 aliphatic carbocycles. The molecule has 102 valence electrons. The Kier molecular flexibility index (Phi) is 4.44. The Morgan fingerprint density at radius 2 is 2.06 bits per heavy atom. The predicted octanol–water partition coefficient (Wildman–Crippen LogP) is 2.99. The first kappa shape index (κ1) is 13.6. The third kappa shape index (κ3) is 2.46. The molecule has 1 heterocycles. The molecule has 0 bridgehead atoms. The standard InChI is InChI=1S/C15H25NO2/c1-3-4-5-8-11(2)16-14(17)12-9-6-7-10-13(12)15(16)18/h11,14,17H,3-10H2,1-2H3/t11-,14-/m0/s1. The van der Waals surface area contributed by atoms with Crippen LogP contribution in [0.4, 0.5) is 0 Å². The maximum Gasteiger partial charge on any atom is 0.252 e. The zero-order chi connectivity index (χ0) is 13.1. The quantitative estimate of drug-likeness (QED) is 0.763. The van der Waals surface area contributed by atoms with Crippen molar-refractivity contribution in [3.05, 3.63) is 11.1 Å². The Balaban J connectivity index is 2.01. The minimum absolute atomic E-state index is 0.0983. The summed E-state index contributed by atoms with van der Waals surface area (Å²) in [6, 6.07) is 0.157. The number of amides is 1. The van der Waals surface area contributed by atoms with Gasteiger partial charge < -0.3 is 10.0 Å². The monoisotopic (exact) mass is 251 g/mol. The minimum Gasteiger partial charge on any atom is -0.369 e. The van der Waals surface area contributed by atoms with Crippen LogP contribution in [0.2, 0.25) is 0 Å². The number of hydrogen-bond donors (Lipinski definition) is 1. The number of rotatable bonds is 5. The van der Waals surface area contributed by atoms with Crippen molar-refractivity contribution in [1.29, 1.82) is 0 Å². The SMILES string of the molecule is CCCCC[C@H](C)N1C(=O)C2=C(CCCC2)[C@@H]1O. The molecule has 0 aromatic heterocycles. The first-order valence-corrected chi connectivity index (χ1v) is 7.39. The topological polar surface area (TPSA) is 40.5 Å². The third-order valence-electron chi connectivity index (χ3n) is 4.28. The molecule has 0 saturated heterocycles. The van der Waals surface area contributed by atoms with Crippen LogP contribution in [-0.2, 0) is 4.79 Å². The molecule has 0 spiro atoms. The highest BCUT2D eigenvalue weighted by molar-refractivity contribution is 5.97. The maximum atomic E-state index is 12.3. The maximum absolute atomic E-state index is 12.3. The summed E-state index contributed by atoms with van der Waals surface area (Å²) >= 11 is 0. The Labute approximate surface area is 110 Å². The molecule has 3 nitrogen and oxygen atoms in total. The van der Waals surface area contributed by atoms with Gasteiger partial charge in [0.2, 0.25) is 0 Å². The molecule has 18 heavy (non-hydrogen) atoms. The van der Waals surface area contributed by atoms with Gasteiger partial charge in [0.1, 0.15) is 0 Å². The first-order valence-electron chi connectivity index (χ1n) is 7.39. The molecule has 0 saturated carbocycles. The van der Waals surface area contributed by atoms with Crippen LogP contribution in [0.5, 0.6) is 0 Å². The number of hydrogen-bond acceptors (Lipinski definition) is 2. The van der Waals surface area contributed by atoms with E-state index in [2.05, 4.69) is 13.8 Å². The molecule has 0 aromatic carbocycles. The predicted molar refractivity (Wildman–Crippen MR) is 72.0 cm³/mol. The molecule has 2 atom stereocenters. The van der Waals surface area contributed by atoms with E-state index in [-0.39, 0.29) is 11.9 Å². The third-order valence-corrected chi connectivity index (χ3v) is 4.28. The summed E-state index contributed by atoms with van der Waals surface area (Å²) in [4.78, 5) is 14.0. The van der Waals surface area contributed by atoms with Gasteiger partial charge in [-0.25, -0.2) is 0 Å². The van der Waals surface area contributed by atoms with Gasteiger partial charge in [0.25, 0.3) is 5.91 Å². The summed E-state index contributed by atoms with van der Waals surface area (Å²) in [5.41, 5.74) is 1.92. The molecule has 3 heteroatoms. The van der Waals surface area contributed by atoms with Gasteiger partial charge in [0, 0.05) is 11.6 Å². The van der Waals surface area contributed by atoms with Crippen LogP contribution in [-0.4, -0.2) is 28.2 Å². The van der Waals surface area contributed by atoms with Gasteiger partial charge in [0.15, 0.2) is 6.23 Å². The highest BCUT2D eigenvalue weighted by Gasteiger charge is 2.40. The fourth-order valence-electron chi connectivity index (χ4n) is 3.16. The van der Waals surface area contributed by atoms with Gasteiger partial charge >= 0.3 is 0 Å². The molecule has 1 aliphatic heterocycles. The van der Waals surface area contributed by atoms with Crippen molar-refractivity contribution in [2.45, 2.75) is 77.5 Å². The van der Waals surface area contributed by atoms with Crippen molar-refractivity contribution in [1.82, 2.24) is 4.90 Å². The van der Waals surface area contributed by atoms with Crippen LogP contribution < -0.4 is 0 Å². The van der Waals surface area contributed by atoms with Crippen molar-refractivity contribution in [2.75, 3.05) is 0 Å². The van der Waals surface area contributed by atoms with Crippen molar-refractivity contribution in [3.8, 4) is 0 Å². The molecule has 2 aliphatic rings. The number of carbonyl (C=O) groups excluding carboxylic acids is 1. The van der Waals surface area contributed by atoms with Gasteiger partial charge in [-0.05, 0) is 44.6 Å². The number of unbranched alkanes of at least 4 members (excludes halogenated alkanes) is 2. The van der Waals surface area contributed by atoms with Gasteiger partial charge in [-0.2, -0.15) is 0 Å². The Hall–Kier alpha value is -0.830. The Bertz CT molecular complexity index is 348. The van der Waals surface area contributed by atoms with E-state index in [9.17, 15) is 9.90 Å². The van der Waals surface area contributed by atoms with Gasteiger partial charge in [0.05, 0.1) is 0 Å². The lowest BCUT2D eigenvalue weighted by Gasteiger charge is -2.29. The van der Waals surface area contributed by atoms with E-state index >= 15 is 0 Å². The van der Waals surface area contributed by atoms with Crippen molar-refractivity contribution in [3.63, 3.8) is 0 Å². The summed E-state index contributed by atoms with van der Waals surface area (Å²) in [7, 11) is 0. The molecule has 2 rings (SSSR count). The fourth-order valence-corrected chi connectivity index (χ4v) is 3.16. The average Bonchev–Trinajstić information content (AvgIpc) is 2.63. The smallest absolute Gasteiger partial charge is 0.252 e. The summed E-state index contributed by atoms with van der Waals surface area (Å²) in [6.07, 6.45) is 7.87. The molecule has 0 radical (unpaired) electrons. The van der Waals surface area contributed by atoms with E-state index in [4.69, 9.17) is 0 Å². The summed E-state index contributed by atoms with van der Waals surface area (Å²) < 4.78 is 0. The van der Waals surface area contributed by atoms with Crippen molar-refractivity contribution in [2.24, 2.45) is 0 Å². The summed E-state index contributed by atoms with van der Waals surface area (Å²) in [5, 5.41) is 10.3. The Morgan fingerprint density at radius 1 is 1.33 bits per heavy atom. The number of aliphatic hydroxyl groups excluding tert-OH is 1. The molecule has 1 N–H and O–H groups in total. The van der Waals surface area contributed by atoms with E-state index in [0.717, 1.165) is 49.7 Å². The van der Waals surface area contributed by atoms with Gasteiger partial charge in [-0.1, -0.05) is 26.2 Å². The number of aliphatic hydroxyl groups is 1. The summed E-state index contributed by atoms with van der Waals surface area (Å²) in [6.45, 7) is 4.25. The second-order valence-electron chi connectivity index (χ2n) is 5.64. The molecule has 0 fully saturated rings. The lowest BCUT2D eigenvalue weighted by atomic mass is 9.93. The van der Waals surface area contributed by atoms with E-state index in [1.54, 1.807) is 4.90 Å². The second kappa shape index (κ2) is 5.87. The first-order chi connectivity index (χ1) is 8.66. The summed E-state index contributed by atoms with van der Waals surface area (Å²) in [5.74, 6) is 0.0983. The molecular formula is C15H25NO2. The minimum atomic E-state index is -0.635. The normalized spacial score (nSPS) is 25.6. The van der Waals surface area contributed by atoms with E-state index in [1.807, 2.05) is 0 Å². The highest BCUT2D eigenvalue weighted by Crippen LogP contribution is 2.36.